The highest BCUT2D eigenvalue weighted by molar-refractivity contribution is 9.10. The molecule has 0 radical (unpaired) electrons. The molecule has 0 aliphatic heterocycles. The van der Waals surface area contributed by atoms with Gasteiger partial charge in [-0.15, -0.1) is 0 Å². The highest BCUT2D eigenvalue weighted by Crippen LogP contribution is 2.25. The Morgan fingerprint density at radius 2 is 2.31 bits per heavy atom. The van der Waals surface area contributed by atoms with Crippen LogP contribution in [0.25, 0.3) is 0 Å². The fraction of sp³-hybridized carbons (Fsp3) is 0.455. The number of ether oxygens (including phenoxy) is 1. The van der Waals surface area contributed by atoms with Gasteiger partial charge in [0.2, 0.25) is 0 Å². The SMILES string of the molecule is COCCNC(CO)c1ccc(Br)c(Cl)c1. The van der Waals surface area contributed by atoms with Gasteiger partial charge in [-0.05, 0) is 33.6 Å². The minimum atomic E-state index is -0.110. The zero-order valence-electron chi connectivity index (χ0n) is 9.04. The summed E-state index contributed by atoms with van der Waals surface area (Å²) in [5, 5.41) is 13.1. The molecule has 0 aromatic heterocycles. The average Bonchev–Trinajstić information content (AvgIpc) is 2.29. The van der Waals surface area contributed by atoms with Crippen LogP contribution < -0.4 is 5.32 Å². The summed E-state index contributed by atoms with van der Waals surface area (Å²) in [7, 11) is 1.64. The van der Waals surface area contributed by atoms with Crippen LogP contribution in [0, 0.1) is 0 Å². The maximum atomic E-state index is 9.28. The van der Waals surface area contributed by atoms with E-state index in [-0.39, 0.29) is 12.6 Å². The van der Waals surface area contributed by atoms with Crippen LogP contribution in [0.5, 0.6) is 0 Å². The molecule has 1 unspecified atom stereocenters. The Labute approximate surface area is 109 Å². The normalized spacial score (nSPS) is 12.8. The van der Waals surface area contributed by atoms with Crippen LogP contribution in [0.3, 0.4) is 0 Å². The topological polar surface area (TPSA) is 41.5 Å². The maximum Gasteiger partial charge on any atom is 0.0626 e. The molecule has 0 saturated heterocycles. The van der Waals surface area contributed by atoms with Gasteiger partial charge in [0.1, 0.15) is 0 Å². The van der Waals surface area contributed by atoms with Gasteiger partial charge in [-0.3, -0.25) is 0 Å². The first-order valence-corrected chi connectivity index (χ1v) is 6.14. The van der Waals surface area contributed by atoms with Crippen LogP contribution >= 0.6 is 27.5 Å². The van der Waals surface area contributed by atoms with E-state index >= 15 is 0 Å². The largest absolute Gasteiger partial charge is 0.394 e. The number of methoxy groups -OCH3 is 1. The zero-order chi connectivity index (χ0) is 12.0. The third-order valence-corrected chi connectivity index (χ3v) is 3.46. The number of nitrogens with one attached hydrogen (secondary N) is 1. The summed E-state index contributed by atoms with van der Waals surface area (Å²) in [6, 6.07) is 5.53. The van der Waals surface area contributed by atoms with Crippen molar-refractivity contribution in [2.45, 2.75) is 6.04 Å². The number of hydrogen-bond donors (Lipinski definition) is 2. The molecule has 90 valence electrons. The molecule has 5 heteroatoms. The molecule has 1 aromatic carbocycles. The zero-order valence-corrected chi connectivity index (χ0v) is 11.4. The number of aliphatic hydroxyl groups excluding tert-OH is 1. The van der Waals surface area contributed by atoms with Crippen molar-refractivity contribution in [2.24, 2.45) is 0 Å². The van der Waals surface area contributed by atoms with E-state index in [2.05, 4.69) is 21.2 Å². The summed E-state index contributed by atoms with van der Waals surface area (Å²) in [4.78, 5) is 0. The molecule has 0 saturated carbocycles. The first-order valence-electron chi connectivity index (χ1n) is 4.97. The van der Waals surface area contributed by atoms with Crippen molar-refractivity contribution in [1.29, 1.82) is 0 Å². The molecule has 1 atom stereocenters. The minimum Gasteiger partial charge on any atom is -0.394 e. The third kappa shape index (κ3) is 4.03. The van der Waals surface area contributed by atoms with Crippen molar-refractivity contribution in [3.63, 3.8) is 0 Å². The molecule has 2 N–H and O–H groups in total. The lowest BCUT2D eigenvalue weighted by molar-refractivity contribution is 0.184. The number of rotatable bonds is 6. The Kier molecular flexibility index (Phi) is 6.31. The van der Waals surface area contributed by atoms with Gasteiger partial charge < -0.3 is 15.2 Å². The van der Waals surface area contributed by atoms with Crippen molar-refractivity contribution in [2.75, 3.05) is 26.9 Å². The van der Waals surface area contributed by atoms with E-state index in [1.165, 1.54) is 0 Å². The fourth-order valence-electron chi connectivity index (χ4n) is 1.35. The van der Waals surface area contributed by atoms with Gasteiger partial charge in [-0.2, -0.15) is 0 Å². The van der Waals surface area contributed by atoms with Gasteiger partial charge in [0.25, 0.3) is 0 Å². The third-order valence-electron chi connectivity index (χ3n) is 2.23. The molecule has 0 fully saturated rings. The lowest BCUT2D eigenvalue weighted by atomic mass is 10.1. The average molecular weight is 309 g/mol. The molecular formula is C11H15BrClNO2. The molecule has 0 aliphatic carbocycles. The maximum absolute atomic E-state index is 9.28. The number of aliphatic hydroxyl groups is 1. The predicted molar refractivity (Wildman–Crippen MR) is 68.9 cm³/mol. The molecule has 0 spiro atoms. The van der Waals surface area contributed by atoms with Gasteiger partial charge in [0, 0.05) is 18.1 Å². The lowest BCUT2D eigenvalue weighted by Gasteiger charge is -2.17. The molecule has 3 nitrogen and oxygen atoms in total. The van der Waals surface area contributed by atoms with Gasteiger partial charge in [0.05, 0.1) is 24.3 Å². The van der Waals surface area contributed by atoms with Gasteiger partial charge in [-0.1, -0.05) is 17.7 Å². The number of benzene rings is 1. The second-order valence-corrected chi connectivity index (χ2v) is 4.62. The van der Waals surface area contributed by atoms with E-state index in [0.717, 1.165) is 10.0 Å². The van der Waals surface area contributed by atoms with Crippen molar-refractivity contribution in [3.05, 3.63) is 33.3 Å². The van der Waals surface area contributed by atoms with E-state index < -0.39 is 0 Å². The lowest BCUT2D eigenvalue weighted by Crippen LogP contribution is -2.27. The monoisotopic (exact) mass is 307 g/mol. The van der Waals surface area contributed by atoms with E-state index in [0.29, 0.717) is 18.2 Å². The second kappa shape index (κ2) is 7.25. The van der Waals surface area contributed by atoms with Crippen molar-refractivity contribution in [3.8, 4) is 0 Å². The molecule has 0 bridgehead atoms. The minimum absolute atomic E-state index is 0.0294. The number of hydrogen-bond acceptors (Lipinski definition) is 3. The van der Waals surface area contributed by atoms with Crippen LogP contribution in [0.15, 0.2) is 22.7 Å². The predicted octanol–water partition coefficient (Wildman–Crippen LogP) is 2.37. The quantitative estimate of drug-likeness (QED) is 0.793. The summed E-state index contributed by atoms with van der Waals surface area (Å²) in [5.74, 6) is 0. The van der Waals surface area contributed by atoms with Gasteiger partial charge >= 0.3 is 0 Å². The van der Waals surface area contributed by atoms with E-state index in [4.69, 9.17) is 16.3 Å². The summed E-state index contributed by atoms with van der Waals surface area (Å²) in [6.45, 7) is 1.33. The molecule has 1 aromatic rings. The smallest absolute Gasteiger partial charge is 0.0626 e. The van der Waals surface area contributed by atoms with Crippen molar-refractivity contribution in [1.82, 2.24) is 5.32 Å². The van der Waals surface area contributed by atoms with Crippen LogP contribution in [0.1, 0.15) is 11.6 Å². The Bertz CT molecular complexity index is 336. The highest BCUT2D eigenvalue weighted by Gasteiger charge is 2.10. The van der Waals surface area contributed by atoms with Crippen molar-refractivity contribution < 1.29 is 9.84 Å². The fourth-order valence-corrected chi connectivity index (χ4v) is 1.79. The second-order valence-electron chi connectivity index (χ2n) is 3.36. The van der Waals surface area contributed by atoms with E-state index in [1.807, 2.05) is 18.2 Å². The standard InChI is InChI=1S/C11H15BrClNO2/c1-16-5-4-14-11(7-15)8-2-3-9(12)10(13)6-8/h2-3,6,11,14-15H,4-5,7H2,1H3. The van der Waals surface area contributed by atoms with Gasteiger partial charge in [0.15, 0.2) is 0 Å². The van der Waals surface area contributed by atoms with Crippen LogP contribution in [0.2, 0.25) is 5.02 Å². The van der Waals surface area contributed by atoms with E-state index in [1.54, 1.807) is 7.11 Å². The Morgan fingerprint density at radius 3 is 2.88 bits per heavy atom. The Morgan fingerprint density at radius 1 is 1.56 bits per heavy atom. The Hall–Kier alpha value is -0.130. The summed E-state index contributed by atoms with van der Waals surface area (Å²) in [5.41, 5.74) is 0.965. The highest BCUT2D eigenvalue weighted by atomic mass is 79.9. The van der Waals surface area contributed by atoms with Crippen LogP contribution in [-0.2, 0) is 4.74 Å². The summed E-state index contributed by atoms with van der Waals surface area (Å²) < 4.78 is 5.79. The molecule has 16 heavy (non-hydrogen) atoms. The first kappa shape index (κ1) is 13.9. The number of halogens is 2. The first-order chi connectivity index (χ1) is 7.69. The summed E-state index contributed by atoms with van der Waals surface area (Å²) in [6.07, 6.45) is 0. The molecule has 0 heterocycles. The molecular weight excluding hydrogens is 293 g/mol. The van der Waals surface area contributed by atoms with E-state index in [9.17, 15) is 5.11 Å². The molecule has 0 amide bonds. The van der Waals surface area contributed by atoms with Crippen LogP contribution in [0.4, 0.5) is 0 Å². The van der Waals surface area contributed by atoms with Gasteiger partial charge in [-0.25, -0.2) is 0 Å². The van der Waals surface area contributed by atoms with Crippen LogP contribution in [-0.4, -0.2) is 32.0 Å². The molecule has 1 rings (SSSR count). The Balaban J connectivity index is 2.67. The summed E-state index contributed by atoms with van der Waals surface area (Å²) >= 11 is 9.32. The van der Waals surface area contributed by atoms with Crippen molar-refractivity contribution >= 4 is 27.5 Å². The molecule has 0 aliphatic rings.